The summed E-state index contributed by atoms with van der Waals surface area (Å²) in [7, 11) is 2.17. The fourth-order valence-corrected chi connectivity index (χ4v) is 3.00. The summed E-state index contributed by atoms with van der Waals surface area (Å²) in [4.78, 5) is 18.3. The lowest BCUT2D eigenvalue weighted by Gasteiger charge is -2.29. The molecule has 1 atom stereocenters. The fraction of sp³-hybridized carbons (Fsp3) is 0.647. The van der Waals surface area contributed by atoms with Crippen LogP contribution in [-0.4, -0.2) is 49.0 Å². The molecule has 2 N–H and O–H groups in total. The monoisotopic (exact) mass is 304 g/mol. The van der Waals surface area contributed by atoms with Crippen LogP contribution >= 0.6 is 0 Å². The maximum atomic E-state index is 11.9. The van der Waals surface area contributed by atoms with Crippen LogP contribution in [0.25, 0.3) is 0 Å². The number of amides is 1. The van der Waals surface area contributed by atoms with Crippen LogP contribution in [0.5, 0.6) is 0 Å². The number of nitrogens with zero attached hydrogens (tertiary/aromatic N) is 2. The summed E-state index contributed by atoms with van der Waals surface area (Å²) in [5.41, 5.74) is 2.20. The van der Waals surface area contributed by atoms with Crippen LogP contribution in [0.4, 0.5) is 5.69 Å². The predicted octanol–water partition coefficient (Wildman–Crippen LogP) is 2.04. The average Bonchev–Trinajstić information content (AvgIpc) is 2.51. The van der Waals surface area contributed by atoms with Gasteiger partial charge in [0.15, 0.2) is 0 Å². The Morgan fingerprint density at radius 1 is 1.45 bits per heavy atom. The lowest BCUT2D eigenvalue weighted by molar-refractivity contribution is -0.121. The van der Waals surface area contributed by atoms with Crippen molar-refractivity contribution < 1.29 is 4.79 Å². The van der Waals surface area contributed by atoms with Gasteiger partial charge in [-0.1, -0.05) is 0 Å². The number of anilines is 1. The lowest BCUT2D eigenvalue weighted by atomic mass is 9.93. The standard InChI is InChI=1S/C17H28N4O/c1-14-12-18-8-7-16(14)19-9-10-20-17(22)6-5-15-4-3-11-21(2)13-15/h7-8,12,15H,3-6,9-11,13H2,1-2H3,(H,18,19)(H,20,22)/t15-/m1/s1. The molecule has 5 nitrogen and oxygen atoms in total. The van der Waals surface area contributed by atoms with Gasteiger partial charge >= 0.3 is 0 Å². The minimum atomic E-state index is 0.168. The number of aryl methyl sites for hydroxylation is 1. The zero-order chi connectivity index (χ0) is 15.8. The van der Waals surface area contributed by atoms with Crippen molar-refractivity contribution in [2.75, 3.05) is 38.5 Å². The molecular formula is C17H28N4O. The number of carbonyl (C=O) groups excluding carboxylic acids is 1. The van der Waals surface area contributed by atoms with E-state index in [2.05, 4.69) is 27.6 Å². The zero-order valence-corrected chi connectivity index (χ0v) is 13.8. The molecule has 0 saturated carbocycles. The van der Waals surface area contributed by atoms with E-state index in [4.69, 9.17) is 0 Å². The van der Waals surface area contributed by atoms with Crippen molar-refractivity contribution in [1.82, 2.24) is 15.2 Å². The van der Waals surface area contributed by atoms with Crippen molar-refractivity contribution in [3.05, 3.63) is 24.0 Å². The molecule has 1 aromatic heterocycles. The van der Waals surface area contributed by atoms with E-state index in [1.54, 1.807) is 6.20 Å². The van der Waals surface area contributed by atoms with Gasteiger partial charge in [0, 0.05) is 44.1 Å². The van der Waals surface area contributed by atoms with Crippen LogP contribution < -0.4 is 10.6 Å². The van der Waals surface area contributed by atoms with Gasteiger partial charge in [-0.3, -0.25) is 9.78 Å². The van der Waals surface area contributed by atoms with Crippen molar-refractivity contribution in [2.24, 2.45) is 5.92 Å². The molecule has 0 aromatic carbocycles. The molecule has 1 aromatic rings. The van der Waals surface area contributed by atoms with E-state index >= 15 is 0 Å². The first-order valence-corrected chi connectivity index (χ1v) is 8.25. The first kappa shape index (κ1) is 16.7. The molecule has 1 amide bonds. The van der Waals surface area contributed by atoms with Gasteiger partial charge in [0.2, 0.25) is 5.91 Å². The Bertz CT molecular complexity index is 477. The lowest BCUT2D eigenvalue weighted by Crippen LogP contribution is -2.33. The molecule has 0 spiro atoms. The SMILES string of the molecule is Cc1cnccc1NCCNC(=O)CC[C@H]1CCCN(C)C1. The molecule has 122 valence electrons. The molecule has 0 aliphatic carbocycles. The smallest absolute Gasteiger partial charge is 0.220 e. The number of aromatic nitrogens is 1. The first-order chi connectivity index (χ1) is 10.6. The number of pyridine rings is 1. The van der Waals surface area contributed by atoms with Gasteiger partial charge in [0.05, 0.1) is 0 Å². The highest BCUT2D eigenvalue weighted by Crippen LogP contribution is 2.19. The summed E-state index contributed by atoms with van der Waals surface area (Å²) in [5.74, 6) is 0.851. The van der Waals surface area contributed by atoms with E-state index in [9.17, 15) is 4.79 Å². The van der Waals surface area contributed by atoms with Gasteiger partial charge in [-0.25, -0.2) is 0 Å². The van der Waals surface area contributed by atoms with Gasteiger partial charge in [-0.15, -0.1) is 0 Å². The highest BCUT2D eigenvalue weighted by atomic mass is 16.1. The second-order valence-corrected chi connectivity index (χ2v) is 6.28. The van der Waals surface area contributed by atoms with Crippen LogP contribution in [0.1, 0.15) is 31.2 Å². The second kappa shape index (κ2) is 8.73. The third-order valence-corrected chi connectivity index (χ3v) is 4.28. The first-order valence-electron chi connectivity index (χ1n) is 8.25. The molecule has 5 heteroatoms. The molecule has 22 heavy (non-hydrogen) atoms. The number of hydrogen-bond donors (Lipinski definition) is 2. The number of nitrogens with one attached hydrogen (secondary N) is 2. The quantitative estimate of drug-likeness (QED) is 0.757. The molecule has 0 radical (unpaired) electrons. The van der Waals surface area contributed by atoms with Gasteiger partial charge in [0.25, 0.3) is 0 Å². The largest absolute Gasteiger partial charge is 0.383 e. The van der Waals surface area contributed by atoms with Crippen molar-refractivity contribution in [3.8, 4) is 0 Å². The summed E-state index contributed by atoms with van der Waals surface area (Å²) < 4.78 is 0. The van der Waals surface area contributed by atoms with Crippen molar-refractivity contribution in [1.29, 1.82) is 0 Å². The van der Waals surface area contributed by atoms with Gasteiger partial charge in [-0.05, 0) is 57.3 Å². The van der Waals surface area contributed by atoms with Crippen molar-refractivity contribution >= 4 is 11.6 Å². The molecule has 0 bridgehead atoms. The Morgan fingerprint density at radius 2 is 2.32 bits per heavy atom. The Morgan fingerprint density at radius 3 is 3.09 bits per heavy atom. The molecule has 1 saturated heterocycles. The summed E-state index contributed by atoms with van der Waals surface area (Å²) in [5, 5.41) is 6.31. The van der Waals surface area contributed by atoms with E-state index in [0.29, 0.717) is 18.9 Å². The van der Waals surface area contributed by atoms with E-state index in [1.807, 2.05) is 19.2 Å². The van der Waals surface area contributed by atoms with Crippen LogP contribution in [-0.2, 0) is 4.79 Å². The van der Waals surface area contributed by atoms with Crippen molar-refractivity contribution in [3.63, 3.8) is 0 Å². The molecule has 0 unspecified atom stereocenters. The maximum absolute atomic E-state index is 11.9. The molecule has 1 aliphatic rings. The number of likely N-dealkylation sites (tertiary alicyclic amines) is 1. The molecule has 2 rings (SSSR count). The normalized spacial score (nSPS) is 18.9. The molecule has 2 heterocycles. The minimum absolute atomic E-state index is 0.168. The Balaban J connectivity index is 1.57. The van der Waals surface area contributed by atoms with Crippen LogP contribution in [0, 0.1) is 12.8 Å². The molecule has 1 aliphatic heterocycles. The maximum Gasteiger partial charge on any atom is 0.220 e. The van der Waals surface area contributed by atoms with Crippen molar-refractivity contribution in [2.45, 2.75) is 32.6 Å². The van der Waals surface area contributed by atoms with E-state index in [0.717, 1.165) is 30.8 Å². The minimum Gasteiger partial charge on any atom is -0.383 e. The summed E-state index contributed by atoms with van der Waals surface area (Å²) in [6, 6.07) is 1.96. The Hall–Kier alpha value is -1.62. The number of hydrogen-bond acceptors (Lipinski definition) is 4. The second-order valence-electron chi connectivity index (χ2n) is 6.28. The number of piperidine rings is 1. The molecular weight excluding hydrogens is 276 g/mol. The van der Waals surface area contributed by atoms with E-state index in [-0.39, 0.29) is 5.91 Å². The third kappa shape index (κ3) is 5.64. The van der Waals surface area contributed by atoms with Gasteiger partial charge in [-0.2, -0.15) is 0 Å². The Kier molecular flexibility index (Phi) is 6.65. The highest BCUT2D eigenvalue weighted by Gasteiger charge is 2.17. The number of carbonyl (C=O) groups is 1. The van der Waals surface area contributed by atoms with Gasteiger partial charge in [0.1, 0.15) is 0 Å². The van der Waals surface area contributed by atoms with E-state index < -0.39 is 0 Å². The number of rotatable bonds is 7. The van der Waals surface area contributed by atoms with E-state index in [1.165, 1.54) is 19.4 Å². The zero-order valence-electron chi connectivity index (χ0n) is 13.8. The summed E-state index contributed by atoms with van der Waals surface area (Å²) >= 11 is 0. The third-order valence-electron chi connectivity index (χ3n) is 4.28. The molecule has 1 fully saturated rings. The Labute approximate surface area is 133 Å². The van der Waals surface area contributed by atoms with Crippen LogP contribution in [0.2, 0.25) is 0 Å². The topological polar surface area (TPSA) is 57.3 Å². The average molecular weight is 304 g/mol. The summed E-state index contributed by atoms with van der Waals surface area (Å²) in [6.45, 7) is 5.75. The van der Waals surface area contributed by atoms with Gasteiger partial charge < -0.3 is 15.5 Å². The fourth-order valence-electron chi connectivity index (χ4n) is 3.00. The summed E-state index contributed by atoms with van der Waals surface area (Å²) in [6.07, 6.45) is 7.79. The predicted molar refractivity (Wildman–Crippen MR) is 89.9 cm³/mol. The van der Waals surface area contributed by atoms with Crippen LogP contribution in [0.15, 0.2) is 18.5 Å². The highest BCUT2D eigenvalue weighted by molar-refractivity contribution is 5.75. The van der Waals surface area contributed by atoms with Crippen LogP contribution in [0.3, 0.4) is 0 Å².